The number of nitrogens with zero attached hydrogens (tertiary/aromatic N) is 2. The van der Waals surface area contributed by atoms with Gasteiger partial charge < -0.3 is 23.5 Å². The molecule has 0 saturated carbocycles. The fraction of sp³-hybridized carbons (Fsp3) is 0.467. The summed E-state index contributed by atoms with van der Waals surface area (Å²) in [6, 6.07) is 8.60. The third kappa shape index (κ3) is 5.65. The number of ether oxygens (including phenoxy) is 3. The summed E-state index contributed by atoms with van der Waals surface area (Å²) in [4.78, 5) is 31.4. The van der Waals surface area contributed by atoms with Crippen LogP contribution in [0.2, 0.25) is 0 Å². The fourth-order valence-corrected chi connectivity index (χ4v) is 5.26. The van der Waals surface area contributed by atoms with Gasteiger partial charge in [0, 0.05) is 26.2 Å². The van der Waals surface area contributed by atoms with E-state index in [0.29, 0.717) is 56.6 Å². The van der Waals surface area contributed by atoms with Crippen LogP contribution in [0.3, 0.4) is 0 Å². The molecule has 1 saturated heterocycles. The Hall–Kier alpha value is -3.43. The van der Waals surface area contributed by atoms with Crippen LogP contribution < -0.4 is 14.9 Å². The van der Waals surface area contributed by atoms with E-state index in [4.69, 9.17) is 18.6 Å². The van der Waals surface area contributed by atoms with Gasteiger partial charge in [0.15, 0.2) is 16.9 Å². The number of fused-ring (bicyclic) bond motifs is 2. The van der Waals surface area contributed by atoms with Gasteiger partial charge >= 0.3 is 0 Å². The third-order valence-corrected chi connectivity index (χ3v) is 7.28. The average Bonchev–Trinajstić information content (AvgIpc) is 3.23. The van der Waals surface area contributed by atoms with Crippen molar-refractivity contribution < 1.29 is 27.8 Å². The first-order valence-electron chi connectivity index (χ1n) is 13.8. The Kier molecular flexibility index (Phi) is 8.47. The average molecular weight is 539 g/mol. The first kappa shape index (κ1) is 27.1. The van der Waals surface area contributed by atoms with E-state index >= 15 is 0 Å². The second-order valence-corrected chi connectivity index (χ2v) is 9.86. The summed E-state index contributed by atoms with van der Waals surface area (Å²) in [6.07, 6.45) is 3.11. The highest BCUT2D eigenvalue weighted by Crippen LogP contribution is 2.41. The van der Waals surface area contributed by atoms with Crippen LogP contribution in [-0.4, -0.2) is 68.3 Å². The molecule has 1 aromatic heterocycles. The fourth-order valence-electron chi connectivity index (χ4n) is 5.26. The maximum absolute atomic E-state index is 14.1. The quantitative estimate of drug-likeness (QED) is 0.325. The molecule has 39 heavy (non-hydrogen) atoms. The van der Waals surface area contributed by atoms with Crippen LogP contribution in [0.5, 0.6) is 11.5 Å². The Morgan fingerprint density at radius 2 is 1.79 bits per heavy atom. The Balaban J connectivity index is 1.55. The molecular formula is C30H35FN2O6. The molecule has 1 fully saturated rings. The number of benzene rings is 2. The SMILES string of the molecule is CCCCCOc1ccc(C2c3c(oc4ccc(F)cc4c3=O)C(=O)N2CCN2CCOCC2)cc1OCC. The van der Waals surface area contributed by atoms with E-state index in [1.165, 1.54) is 12.1 Å². The van der Waals surface area contributed by atoms with Gasteiger partial charge in [-0.3, -0.25) is 14.5 Å². The van der Waals surface area contributed by atoms with Crippen LogP contribution >= 0.6 is 0 Å². The van der Waals surface area contributed by atoms with Crippen molar-refractivity contribution in [2.45, 2.75) is 39.2 Å². The van der Waals surface area contributed by atoms with Crippen LogP contribution in [0.1, 0.15) is 60.8 Å². The molecule has 0 aliphatic carbocycles. The number of hydrogen-bond acceptors (Lipinski definition) is 7. The highest BCUT2D eigenvalue weighted by atomic mass is 19.1. The molecule has 5 rings (SSSR count). The smallest absolute Gasteiger partial charge is 0.290 e. The minimum atomic E-state index is -0.703. The highest BCUT2D eigenvalue weighted by molar-refractivity contribution is 5.99. The van der Waals surface area contributed by atoms with Gasteiger partial charge in [0.2, 0.25) is 5.76 Å². The van der Waals surface area contributed by atoms with E-state index in [0.717, 1.165) is 38.4 Å². The Bertz CT molecular complexity index is 1380. The highest BCUT2D eigenvalue weighted by Gasteiger charge is 2.43. The van der Waals surface area contributed by atoms with E-state index in [-0.39, 0.29) is 28.2 Å². The number of amides is 1. The van der Waals surface area contributed by atoms with Gasteiger partial charge in [0.05, 0.1) is 43.4 Å². The van der Waals surface area contributed by atoms with Crippen molar-refractivity contribution in [1.29, 1.82) is 0 Å². The van der Waals surface area contributed by atoms with Crippen LogP contribution in [0.4, 0.5) is 4.39 Å². The molecule has 2 aliphatic heterocycles. The maximum atomic E-state index is 14.1. The number of carbonyl (C=O) groups is 1. The lowest BCUT2D eigenvalue weighted by molar-refractivity contribution is 0.0314. The molecule has 0 spiro atoms. The summed E-state index contributed by atoms with van der Waals surface area (Å²) in [7, 11) is 0. The maximum Gasteiger partial charge on any atom is 0.290 e. The monoisotopic (exact) mass is 538 g/mol. The largest absolute Gasteiger partial charge is 0.490 e. The first-order valence-corrected chi connectivity index (χ1v) is 13.8. The summed E-state index contributed by atoms with van der Waals surface area (Å²) in [5, 5.41) is 0.113. The zero-order valence-corrected chi connectivity index (χ0v) is 22.5. The molecule has 8 nitrogen and oxygen atoms in total. The number of morpholine rings is 1. The lowest BCUT2D eigenvalue weighted by Crippen LogP contribution is -2.42. The molecule has 1 amide bonds. The topological polar surface area (TPSA) is 81.5 Å². The predicted molar refractivity (Wildman–Crippen MR) is 145 cm³/mol. The van der Waals surface area contributed by atoms with Crippen molar-refractivity contribution in [2.75, 3.05) is 52.6 Å². The van der Waals surface area contributed by atoms with Crippen molar-refractivity contribution in [3.05, 3.63) is 69.3 Å². The van der Waals surface area contributed by atoms with E-state index in [9.17, 15) is 14.0 Å². The second-order valence-electron chi connectivity index (χ2n) is 9.86. The minimum Gasteiger partial charge on any atom is -0.490 e. The Morgan fingerprint density at radius 3 is 2.56 bits per heavy atom. The van der Waals surface area contributed by atoms with Crippen LogP contribution in [0.15, 0.2) is 45.6 Å². The molecule has 0 radical (unpaired) electrons. The lowest BCUT2D eigenvalue weighted by Gasteiger charge is -2.31. The predicted octanol–water partition coefficient (Wildman–Crippen LogP) is 4.78. The summed E-state index contributed by atoms with van der Waals surface area (Å²) >= 11 is 0. The zero-order chi connectivity index (χ0) is 27.4. The lowest BCUT2D eigenvalue weighted by atomic mass is 9.98. The summed E-state index contributed by atoms with van der Waals surface area (Å²) < 4.78 is 37.4. The van der Waals surface area contributed by atoms with Crippen molar-refractivity contribution in [3.63, 3.8) is 0 Å². The van der Waals surface area contributed by atoms with Crippen molar-refractivity contribution in [3.8, 4) is 11.5 Å². The van der Waals surface area contributed by atoms with Gasteiger partial charge in [-0.05, 0) is 49.2 Å². The number of unbranched alkanes of at least 4 members (excludes halogenated alkanes) is 2. The zero-order valence-electron chi connectivity index (χ0n) is 22.5. The van der Waals surface area contributed by atoms with E-state index in [2.05, 4.69) is 11.8 Å². The van der Waals surface area contributed by atoms with Crippen LogP contribution in [-0.2, 0) is 4.74 Å². The van der Waals surface area contributed by atoms with E-state index in [1.807, 2.05) is 25.1 Å². The number of rotatable bonds is 11. The van der Waals surface area contributed by atoms with Crippen molar-refractivity contribution in [1.82, 2.24) is 9.80 Å². The Morgan fingerprint density at radius 1 is 0.974 bits per heavy atom. The third-order valence-electron chi connectivity index (χ3n) is 7.28. The first-order chi connectivity index (χ1) is 19.0. The molecular weight excluding hydrogens is 503 g/mol. The summed E-state index contributed by atoms with van der Waals surface area (Å²) in [6.45, 7) is 8.89. The second kappa shape index (κ2) is 12.2. The molecule has 1 unspecified atom stereocenters. The van der Waals surface area contributed by atoms with E-state index in [1.54, 1.807) is 4.90 Å². The summed E-state index contributed by atoms with van der Waals surface area (Å²) in [5.74, 6) is 0.279. The molecule has 0 bridgehead atoms. The molecule has 208 valence electrons. The van der Waals surface area contributed by atoms with Crippen LogP contribution in [0, 0.1) is 5.82 Å². The molecule has 9 heteroatoms. The number of hydrogen-bond donors (Lipinski definition) is 0. The van der Waals surface area contributed by atoms with Gasteiger partial charge in [-0.25, -0.2) is 4.39 Å². The van der Waals surface area contributed by atoms with Crippen molar-refractivity contribution >= 4 is 16.9 Å². The molecule has 2 aromatic carbocycles. The van der Waals surface area contributed by atoms with Gasteiger partial charge in [0.25, 0.3) is 5.91 Å². The van der Waals surface area contributed by atoms with Gasteiger partial charge in [-0.1, -0.05) is 25.8 Å². The van der Waals surface area contributed by atoms with Crippen molar-refractivity contribution in [2.24, 2.45) is 0 Å². The molecule has 3 aromatic rings. The standard InChI is InChI=1S/C30H35FN2O6/c1-3-5-6-15-38-24-9-7-20(18-25(24)37-4-2)27-26-28(34)22-19-21(31)8-10-23(22)39-29(26)30(35)33(27)12-11-32-13-16-36-17-14-32/h7-10,18-19,27H,3-6,11-17H2,1-2H3. The number of carbonyl (C=O) groups excluding carboxylic acids is 1. The Labute approximate surface area is 227 Å². The molecule has 2 aliphatic rings. The minimum absolute atomic E-state index is 0.00365. The van der Waals surface area contributed by atoms with Crippen LogP contribution in [0.25, 0.3) is 11.0 Å². The normalized spacial score (nSPS) is 17.6. The van der Waals surface area contributed by atoms with E-state index < -0.39 is 17.3 Å². The van der Waals surface area contributed by atoms with Gasteiger partial charge in [-0.2, -0.15) is 0 Å². The number of halogens is 1. The van der Waals surface area contributed by atoms with Gasteiger partial charge in [0.1, 0.15) is 11.4 Å². The van der Waals surface area contributed by atoms with Gasteiger partial charge in [-0.15, -0.1) is 0 Å². The summed E-state index contributed by atoms with van der Waals surface area (Å²) in [5.41, 5.74) is 0.708. The molecule has 3 heterocycles. The molecule has 0 N–H and O–H groups in total. The molecule has 1 atom stereocenters.